The molecule has 6 nitrogen and oxygen atoms in total. The first-order chi connectivity index (χ1) is 11.2. The summed E-state index contributed by atoms with van der Waals surface area (Å²) in [5.74, 6) is -6.06. The first kappa shape index (κ1) is 18.1. The molecule has 1 N–H and O–H groups in total. The predicted molar refractivity (Wildman–Crippen MR) is 80.4 cm³/mol. The molecule has 1 aliphatic rings. The van der Waals surface area contributed by atoms with E-state index in [-0.39, 0.29) is 6.42 Å². The van der Waals surface area contributed by atoms with Crippen LogP contribution in [0.1, 0.15) is 24.8 Å². The van der Waals surface area contributed by atoms with Crippen LogP contribution >= 0.6 is 0 Å². The second kappa shape index (κ2) is 6.68. The molecule has 0 unspecified atom stereocenters. The summed E-state index contributed by atoms with van der Waals surface area (Å²) in [5, 5.41) is 10.6. The standard InChI is InChI=1S/C17H19FO6/c1-17(22)8-11(19)13(15(20)23-2)12(14(17)16(21)24-3)9-4-6-10(18)7-5-9/h4-7,12-14,22H,8H2,1-3H3/t12-,13-,14-,17-/m0/s1. The molecule has 1 fully saturated rings. The van der Waals surface area contributed by atoms with Gasteiger partial charge in [0.05, 0.1) is 25.7 Å². The Bertz CT molecular complexity index is 652. The summed E-state index contributed by atoms with van der Waals surface area (Å²) >= 11 is 0. The summed E-state index contributed by atoms with van der Waals surface area (Å²) in [6.45, 7) is 1.34. The van der Waals surface area contributed by atoms with Crippen LogP contribution in [0.2, 0.25) is 0 Å². The van der Waals surface area contributed by atoms with Crippen molar-refractivity contribution in [3.63, 3.8) is 0 Å². The van der Waals surface area contributed by atoms with E-state index in [2.05, 4.69) is 0 Å². The average Bonchev–Trinajstić information content (AvgIpc) is 2.53. The maximum atomic E-state index is 13.2. The van der Waals surface area contributed by atoms with Gasteiger partial charge in [-0.05, 0) is 24.6 Å². The number of benzene rings is 1. The number of carbonyl (C=O) groups excluding carboxylic acids is 3. The van der Waals surface area contributed by atoms with Crippen LogP contribution in [0.15, 0.2) is 24.3 Å². The highest BCUT2D eigenvalue weighted by atomic mass is 19.1. The molecule has 0 aromatic heterocycles. The van der Waals surface area contributed by atoms with Gasteiger partial charge in [-0.15, -0.1) is 0 Å². The van der Waals surface area contributed by atoms with Crippen molar-refractivity contribution >= 4 is 17.7 Å². The van der Waals surface area contributed by atoms with Crippen molar-refractivity contribution in [3.8, 4) is 0 Å². The minimum atomic E-state index is -1.70. The monoisotopic (exact) mass is 338 g/mol. The molecule has 0 spiro atoms. The molecule has 2 rings (SSSR count). The lowest BCUT2D eigenvalue weighted by atomic mass is 9.62. The van der Waals surface area contributed by atoms with E-state index < -0.39 is 46.9 Å². The van der Waals surface area contributed by atoms with Crippen LogP contribution in [0.5, 0.6) is 0 Å². The van der Waals surface area contributed by atoms with Gasteiger partial charge in [0.15, 0.2) is 5.78 Å². The van der Waals surface area contributed by atoms with Crippen LogP contribution < -0.4 is 0 Å². The fourth-order valence-electron chi connectivity index (χ4n) is 3.35. The Hall–Kier alpha value is -2.28. The molecule has 0 bridgehead atoms. The summed E-state index contributed by atoms with van der Waals surface area (Å²) in [7, 11) is 2.29. The number of Topliss-reactive ketones (excluding diaryl/α,β-unsaturated/α-hetero) is 1. The van der Waals surface area contributed by atoms with Crippen molar-refractivity contribution < 1.29 is 33.4 Å². The molecule has 0 heterocycles. The van der Waals surface area contributed by atoms with E-state index in [9.17, 15) is 23.9 Å². The van der Waals surface area contributed by atoms with E-state index in [0.717, 1.165) is 26.4 Å². The molecule has 0 saturated heterocycles. The number of ketones is 1. The molecule has 4 atom stereocenters. The third-order valence-electron chi connectivity index (χ3n) is 4.43. The zero-order valence-corrected chi connectivity index (χ0v) is 13.6. The van der Waals surface area contributed by atoms with Gasteiger partial charge in [-0.25, -0.2) is 4.39 Å². The molecule has 1 aromatic carbocycles. The molecule has 0 radical (unpaired) electrons. The van der Waals surface area contributed by atoms with Gasteiger partial charge in [-0.3, -0.25) is 14.4 Å². The van der Waals surface area contributed by atoms with Crippen molar-refractivity contribution in [2.45, 2.75) is 24.9 Å². The van der Waals surface area contributed by atoms with Gasteiger partial charge in [0.1, 0.15) is 11.7 Å². The van der Waals surface area contributed by atoms with Crippen molar-refractivity contribution in [2.75, 3.05) is 14.2 Å². The largest absolute Gasteiger partial charge is 0.469 e. The zero-order valence-electron chi connectivity index (χ0n) is 13.6. The van der Waals surface area contributed by atoms with Gasteiger partial charge < -0.3 is 14.6 Å². The van der Waals surface area contributed by atoms with Crippen LogP contribution in [-0.4, -0.2) is 42.6 Å². The molecule has 130 valence electrons. The third kappa shape index (κ3) is 3.17. The highest BCUT2D eigenvalue weighted by Crippen LogP contribution is 2.46. The molecule has 1 aliphatic carbocycles. The van der Waals surface area contributed by atoms with Gasteiger partial charge in [0, 0.05) is 12.3 Å². The van der Waals surface area contributed by atoms with Gasteiger partial charge >= 0.3 is 11.9 Å². The molecular weight excluding hydrogens is 319 g/mol. The first-order valence-corrected chi connectivity index (χ1v) is 7.39. The Morgan fingerprint density at radius 1 is 1.17 bits per heavy atom. The fourth-order valence-corrected chi connectivity index (χ4v) is 3.35. The molecule has 0 amide bonds. The van der Waals surface area contributed by atoms with E-state index >= 15 is 0 Å². The Kier molecular flexibility index (Phi) is 5.03. The molecule has 1 saturated carbocycles. The highest BCUT2D eigenvalue weighted by molar-refractivity contribution is 6.02. The summed E-state index contributed by atoms with van der Waals surface area (Å²) < 4.78 is 22.7. The Morgan fingerprint density at radius 2 is 1.71 bits per heavy atom. The Balaban J connectivity index is 2.63. The number of methoxy groups -OCH3 is 2. The number of hydrogen-bond acceptors (Lipinski definition) is 6. The number of rotatable bonds is 3. The van der Waals surface area contributed by atoms with Crippen molar-refractivity contribution in [2.24, 2.45) is 11.8 Å². The van der Waals surface area contributed by atoms with E-state index in [0.29, 0.717) is 5.56 Å². The number of halogens is 1. The number of carbonyl (C=O) groups is 3. The van der Waals surface area contributed by atoms with E-state index in [1.807, 2.05) is 0 Å². The smallest absolute Gasteiger partial charge is 0.316 e. The number of hydrogen-bond donors (Lipinski definition) is 1. The van der Waals surface area contributed by atoms with Crippen LogP contribution in [0.25, 0.3) is 0 Å². The summed E-state index contributed by atoms with van der Waals surface area (Å²) in [4.78, 5) is 36.9. The summed E-state index contributed by atoms with van der Waals surface area (Å²) in [6, 6.07) is 5.07. The van der Waals surface area contributed by atoms with Crippen LogP contribution in [0.4, 0.5) is 4.39 Å². The lowest BCUT2D eigenvalue weighted by molar-refractivity contribution is -0.170. The second-order valence-corrected chi connectivity index (χ2v) is 6.08. The van der Waals surface area contributed by atoms with E-state index in [4.69, 9.17) is 9.47 Å². The number of aliphatic hydroxyl groups is 1. The maximum Gasteiger partial charge on any atom is 0.316 e. The summed E-state index contributed by atoms with van der Waals surface area (Å²) in [5.41, 5.74) is -1.33. The summed E-state index contributed by atoms with van der Waals surface area (Å²) in [6.07, 6.45) is -0.385. The normalized spacial score (nSPS) is 29.9. The fraction of sp³-hybridized carbons (Fsp3) is 0.471. The topological polar surface area (TPSA) is 89.9 Å². The van der Waals surface area contributed by atoms with Gasteiger partial charge in [0.2, 0.25) is 0 Å². The minimum Gasteiger partial charge on any atom is -0.469 e. The van der Waals surface area contributed by atoms with Crippen LogP contribution in [-0.2, 0) is 23.9 Å². The first-order valence-electron chi connectivity index (χ1n) is 7.39. The quantitative estimate of drug-likeness (QED) is 0.658. The minimum absolute atomic E-state index is 0.371. The third-order valence-corrected chi connectivity index (χ3v) is 4.43. The molecule has 7 heteroatoms. The average molecular weight is 338 g/mol. The van der Waals surface area contributed by atoms with E-state index in [1.165, 1.54) is 19.1 Å². The van der Waals surface area contributed by atoms with Gasteiger partial charge in [-0.2, -0.15) is 0 Å². The SMILES string of the molecule is COC(=O)[C@H]1C(=O)C[C@](C)(O)[C@H](C(=O)OC)[C@H]1c1ccc(F)cc1. The molecule has 24 heavy (non-hydrogen) atoms. The Morgan fingerprint density at radius 3 is 2.21 bits per heavy atom. The van der Waals surface area contributed by atoms with Crippen molar-refractivity contribution in [1.82, 2.24) is 0 Å². The van der Waals surface area contributed by atoms with E-state index in [1.54, 1.807) is 0 Å². The van der Waals surface area contributed by atoms with Crippen LogP contribution in [0, 0.1) is 17.7 Å². The van der Waals surface area contributed by atoms with Crippen molar-refractivity contribution in [1.29, 1.82) is 0 Å². The Labute approximate surface area is 138 Å². The lowest BCUT2D eigenvalue weighted by Crippen LogP contribution is -2.55. The van der Waals surface area contributed by atoms with Gasteiger partial charge in [0.25, 0.3) is 0 Å². The number of ether oxygens (including phenoxy) is 2. The maximum absolute atomic E-state index is 13.2. The van der Waals surface area contributed by atoms with Crippen LogP contribution in [0.3, 0.4) is 0 Å². The molecular formula is C17H19FO6. The number of esters is 2. The predicted octanol–water partition coefficient (Wildman–Crippen LogP) is 1.21. The second-order valence-electron chi connectivity index (χ2n) is 6.08. The lowest BCUT2D eigenvalue weighted by Gasteiger charge is -2.43. The van der Waals surface area contributed by atoms with Gasteiger partial charge in [-0.1, -0.05) is 12.1 Å². The molecule has 1 aromatic rings. The molecule has 0 aliphatic heterocycles. The zero-order chi connectivity index (χ0) is 18.1. The highest BCUT2D eigenvalue weighted by Gasteiger charge is 2.56. The van der Waals surface area contributed by atoms with Crippen molar-refractivity contribution in [3.05, 3.63) is 35.6 Å².